The molecule has 4 aromatic rings. The van der Waals surface area contributed by atoms with Gasteiger partial charge in [0, 0.05) is 45.1 Å². The van der Waals surface area contributed by atoms with Crippen molar-refractivity contribution in [1.82, 2.24) is 35.1 Å². The van der Waals surface area contributed by atoms with E-state index in [0.717, 1.165) is 51.0 Å². The summed E-state index contributed by atoms with van der Waals surface area (Å²) >= 11 is 0. The minimum atomic E-state index is -0.000484. The summed E-state index contributed by atoms with van der Waals surface area (Å²) in [5, 5.41) is 12.8. The number of nitrogens with zero attached hydrogens (tertiary/aromatic N) is 8. The van der Waals surface area contributed by atoms with E-state index in [-0.39, 0.29) is 5.92 Å². The van der Waals surface area contributed by atoms with Crippen LogP contribution in [0.1, 0.15) is 22.9 Å². The molecule has 2 aromatic carbocycles. The Labute approximate surface area is 187 Å². The smallest absolute Gasteiger partial charge is 0.225 e. The highest BCUT2D eigenvalue weighted by atomic mass is 15.5. The van der Waals surface area contributed by atoms with Crippen LogP contribution >= 0.6 is 0 Å². The molecule has 0 unspecified atom stereocenters. The van der Waals surface area contributed by atoms with Crippen LogP contribution in [0.3, 0.4) is 0 Å². The summed E-state index contributed by atoms with van der Waals surface area (Å²) in [6.45, 7) is 5.43. The van der Waals surface area contributed by atoms with E-state index in [0.29, 0.717) is 0 Å². The standard InChI is InChI=1S/C24H26N8/c1-3-8-20(9-4-1)22(21-10-5-2-6-11-21)23-27-28-29-32(23)19-16-30-14-17-31(18-15-30)24-25-12-7-13-26-24/h1-13,22H,14-19H2. The van der Waals surface area contributed by atoms with Gasteiger partial charge in [0.05, 0.1) is 12.5 Å². The van der Waals surface area contributed by atoms with Gasteiger partial charge in [0.15, 0.2) is 5.82 Å². The molecule has 3 heterocycles. The molecular formula is C24H26N8. The Morgan fingerprint density at radius 3 is 1.97 bits per heavy atom. The number of benzene rings is 2. The van der Waals surface area contributed by atoms with Crippen LogP contribution in [0, 0.1) is 0 Å². The number of hydrogen-bond donors (Lipinski definition) is 0. The fourth-order valence-corrected chi connectivity index (χ4v) is 4.22. The predicted octanol–water partition coefficient (Wildman–Crippen LogP) is 2.47. The zero-order chi connectivity index (χ0) is 21.6. The number of tetrazole rings is 1. The quantitative estimate of drug-likeness (QED) is 0.449. The van der Waals surface area contributed by atoms with Crippen molar-refractivity contribution in [2.45, 2.75) is 12.5 Å². The molecule has 8 nitrogen and oxygen atoms in total. The van der Waals surface area contributed by atoms with Gasteiger partial charge in [-0.1, -0.05) is 60.7 Å². The first-order valence-electron chi connectivity index (χ1n) is 11.0. The van der Waals surface area contributed by atoms with Crippen LogP contribution in [0.15, 0.2) is 79.1 Å². The minimum absolute atomic E-state index is 0.000484. The number of anilines is 1. The molecule has 0 atom stereocenters. The molecule has 0 amide bonds. The van der Waals surface area contributed by atoms with Gasteiger partial charge in [-0.2, -0.15) is 0 Å². The lowest BCUT2D eigenvalue weighted by Gasteiger charge is -2.34. The topological polar surface area (TPSA) is 75.9 Å². The van der Waals surface area contributed by atoms with E-state index in [1.165, 1.54) is 11.1 Å². The summed E-state index contributed by atoms with van der Waals surface area (Å²) in [5.74, 6) is 1.68. The second kappa shape index (κ2) is 9.65. The van der Waals surface area contributed by atoms with Crippen molar-refractivity contribution in [2.24, 2.45) is 0 Å². The average Bonchev–Trinajstić information content (AvgIpc) is 3.33. The normalized spacial score (nSPS) is 14.7. The number of hydrogen-bond acceptors (Lipinski definition) is 7. The second-order valence-electron chi connectivity index (χ2n) is 7.89. The van der Waals surface area contributed by atoms with Crippen LogP contribution in [-0.4, -0.2) is 67.8 Å². The van der Waals surface area contributed by atoms with Crippen LogP contribution in [0.5, 0.6) is 0 Å². The first-order valence-corrected chi connectivity index (χ1v) is 11.0. The third-order valence-electron chi connectivity index (χ3n) is 5.92. The average molecular weight is 427 g/mol. The van der Waals surface area contributed by atoms with Crippen LogP contribution in [0.25, 0.3) is 0 Å². The van der Waals surface area contributed by atoms with Gasteiger partial charge in [-0.15, -0.1) is 5.10 Å². The van der Waals surface area contributed by atoms with Crippen LogP contribution in [-0.2, 0) is 6.54 Å². The van der Waals surface area contributed by atoms with Gasteiger partial charge in [0.2, 0.25) is 5.95 Å². The monoisotopic (exact) mass is 426 g/mol. The summed E-state index contributed by atoms with van der Waals surface area (Å²) in [7, 11) is 0. The maximum absolute atomic E-state index is 4.44. The lowest BCUT2D eigenvalue weighted by atomic mass is 9.90. The molecule has 0 bridgehead atoms. The van der Waals surface area contributed by atoms with Gasteiger partial charge in [0.25, 0.3) is 0 Å². The summed E-state index contributed by atoms with van der Waals surface area (Å²) in [5.41, 5.74) is 2.37. The molecule has 0 N–H and O–H groups in total. The minimum Gasteiger partial charge on any atom is -0.338 e. The lowest BCUT2D eigenvalue weighted by Crippen LogP contribution is -2.47. The van der Waals surface area contributed by atoms with Crippen LogP contribution in [0.2, 0.25) is 0 Å². The first-order chi connectivity index (χ1) is 15.9. The van der Waals surface area contributed by atoms with Crippen molar-refractivity contribution in [3.05, 3.63) is 96.1 Å². The molecule has 1 fully saturated rings. The zero-order valence-electron chi connectivity index (χ0n) is 17.9. The largest absolute Gasteiger partial charge is 0.338 e. The van der Waals surface area contributed by atoms with Gasteiger partial charge in [-0.3, -0.25) is 4.90 Å². The Morgan fingerprint density at radius 2 is 1.34 bits per heavy atom. The zero-order valence-corrected chi connectivity index (χ0v) is 17.9. The van der Waals surface area contributed by atoms with Gasteiger partial charge >= 0.3 is 0 Å². The highest BCUT2D eigenvalue weighted by molar-refractivity contribution is 5.38. The van der Waals surface area contributed by atoms with E-state index < -0.39 is 0 Å². The third-order valence-corrected chi connectivity index (χ3v) is 5.92. The molecule has 5 rings (SSSR count). The fraction of sp³-hybridized carbons (Fsp3) is 0.292. The van der Waals surface area contributed by atoms with E-state index in [1.54, 1.807) is 12.4 Å². The molecule has 8 heteroatoms. The molecule has 2 aromatic heterocycles. The van der Waals surface area contributed by atoms with E-state index in [9.17, 15) is 0 Å². The molecule has 32 heavy (non-hydrogen) atoms. The number of piperazine rings is 1. The highest BCUT2D eigenvalue weighted by Gasteiger charge is 2.24. The van der Waals surface area contributed by atoms with E-state index >= 15 is 0 Å². The maximum Gasteiger partial charge on any atom is 0.225 e. The van der Waals surface area contributed by atoms with Crippen LogP contribution in [0.4, 0.5) is 5.95 Å². The summed E-state index contributed by atoms with van der Waals surface area (Å²) in [6, 6.07) is 22.7. The Hall–Kier alpha value is -3.65. The number of aromatic nitrogens is 6. The van der Waals surface area contributed by atoms with E-state index in [1.807, 2.05) is 22.9 Å². The van der Waals surface area contributed by atoms with Crippen molar-refractivity contribution >= 4 is 5.95 Å². The van der Waals surface area contributed by atoms with Gasteiger partial charge in [-0.05, 0) is 27.6 Å². The van der Waals surface area contributed by atoms with Crippen molar-refractivity contribution in [3.8, 4) is 0 Å². The Morgan fingerprint density at radius 1 is 0.719 bits per heavy atom. The molecule has 0 spiro atoms. The SMILES string of the molecule is c1ccc(C(c2ccccc2)c2nnnn2CCN2CCN(c3ncccn3)CC2)cc1. The van der Waals surface area contributed by atoms with Gasteiger partial charge in [-0.25, -0.2) is 14.6 Å². The summed E-state index contributed by atoms with van der Waals surface area (Å²) in [4.78, 5) is 13.4. The predicted molar refractivity (Wildman–Crippen MR) is 122 cm³/mol. The summed E-state index contributed by atoms with van der Waals surface area (Å²) < 4.78 is 1.96. The van der Waals surface area contributed by atoms with Crippen molar-refractivity contribution < 1.29 is 0 Å². The van der Waals surface area contributed by atoms with Crippen LogP contribution < -0.4 is 4.90 Å². The Kier molecular flexibility index (Phi) is 6.11. The second-order valence-corrected chi connectivity index (χ2v) is 7.89. The van der Waals surface area contributed by atoms with Gasteiger partial charge in [0.1, 0.15) is 0 Å². The molecule has 1 aliphatic rings. The molecule has 0 saturated carbocycles. The first kappa shape index (κ1) is 20.3. The molecule has 1 aliphatic heterocycles. The fourth-order valence-electron chi connectivity index (χ4n) is 4.22. The summed E-state index contributed by atoms with van der Waals surface area (Å²) in [6.07, 6.45) is 3.59. The molecule has 162 valence electrons. The molecular weight excluding hydrogens is 400 g/mol. The molecule has 1 saturated heterocycles. The third kappa shape index (κ3) is 4.50. The molecule has 0 aliphatic carbocycles. The highest BCUT2D eigenvalue weighted by Crippen LogP contribution is 2.30. The van der Waals surface area contributed by atoms with Crippen molar-refractivity contribution in [2.75, 3.05) is 37.6 Å². The van der Waals surface area contributed by atoms with E-state index in [4.69, 9.17) is 0 Å². The lowest BCUT2D eigenvalue weighted by molar-refractivity contribution is 0.241. The van der Waals surface area contributed by atoms with E-state index in [2.05, 4.69) is 83.8 Å². The number of rotatable bonds is 7. The molecule has 0 radical (unpaired) electrons. The maximum atomic E-state index is 4.44. The Balaban J connectivity index is 1.28. The van der Waals surface area contributed by atoms with Gasteiger partial charge < -0.3 is 4.90 Å². The van der Waals surface area contributed by atoms with Crippen molar-refractivity contribution in [3.63, 3.8) is 0 Å². The Bertz CT molecular complexity index is 1050. The van der Waals surface area contributed by atoms with Crippen molar-refractivity contribution in [1.29, 1.82) is 0 Å².